The SMILES string of the molecule is CCOC[C@@H]1CNCc2ccnn2C1. The topological polar surface area (TPSA) is 39.1 Å². The van der Waals surface area contributed by atoms with Crippen LogP contribution in [0.2, 0.25) is 0 Å². The Hall–Kier alpha value is -0.870. The Bertz CT molecular complexity index is 285. The maximum Gasteiger partial charge on any atom is 0.0524 e. The van der Waals surface area contributed by atoms with Gasteiger partial charge in [-0.15, -0.1) is 0 Å². The molecule has 0 radical (unpaired) electrons. The zero-order chi connectivity index (χ0) is 9.80. The van der Waals surface area contributed by atoms with Crippen molar-refractivity contribution < 1.29 is 4.74 Å². The van der Waals surface area contributed by atoms with Crippen molar-refractivity contribution in [3.63, 3.8) is 0 Å². The fourth-order valence-corrected chi connectivity index (χ4v) is 1.78. The van der Waals surface area contributed by atoms with Crippen LogP contribution in [0.4, 0.5) is 0 Å². The van der Waals surface area contributed by atoms with Crippen LogP contribution in [0.5, 0.6) is 0 Å². The molecule has 0 spiro atoms. The molecule has 78 valence electrons. The van der Waals surface area contributed by atoms with E-state index in [0.29, 0.717) is 5.92 Å². The summed E-state index contributed by atoms with van der Waals surface area (Å²) >= 11 is 0. The predicted molar refractivity (Wildman–Crippen MR) is 53.9 cm³/mol. The summed E-state index contributed by atoms with van der Waals surface area (Å²) in [6, 6.07) is 2.07. The van der Waals surface area contributed by atoms with Crippen LogP contribution in [0.1, 0.15) is 12.6 Å². The number of ether oxygens (including phenoxy) is 1. The lowest BCUT2D eigenvalue weighted by Crippen LogP contribution is -2.25. The molecule has 0 saturated carbocycles. The Morgan fingerprint density at radius 3 is 3.50 bits per heavy atom. The maximum atomic E-state index is 5.44. The molecule has 1 aromatic heterocycles. The monoisotopic (exact) mass is 195 g/mol. The third-order valence-corrected chi connectivity index (χ3v) is 2.53. The number of aromatic nitrogens is 2. The van der Waals surface area contributed by atoms with E-state index in [1.165, 1.54) is 5.69 Å². The molecule has 0 saturated heterocycles. The highest BCUT2D eigenvalue weighted by Crippen LogP contribution is 2.09. The Balaban J connectivity index is 1.97. The summed E-state index contributed by atoms with van der Waals surface area (Å²) in [4.78, 5) is 0. The second-order valence-corrected chi connectivity index (χ2v) is 3.66. The zero-order valence-electron chi connectivity index (χ0n) is 8.57. The summed E-state index contributed by atoms with van der Waals surface area (Å²) in [6.45, 7) is 6.55. The molecule has 0 aliphatic carbocycles. The fourth-order valence-electron chi connectivity index (χ4n) is 1.78. The Kier molecular flexibility index (Phi) is 3.16. The van der Waals surface area contributed by atoms with Gasteiger partial charge in [-0.25, -0.2) is 0 Å². The molecule has 1 aromatic rings. The maximum absolute atomic E-state index is 5.44. The number of fused-ring (bicyclic) bond motifs is 1. The molecular formula is C10H17N3O. The standard InChI is InChI=1S/C10H17N3O/c1-2-14-8-9-5-11-6-10-3-4-12-13(10)7-9/h3-4,9,11H,2,5-8H2,1H3/t9-/m1/s1. The van der Waals surface area contributed by atoms with Gasteiger partial charge in [0.2, 0.25) is 0 Å². The van der Waals surface area contributed by atoms with Crippen molar-refractivity contribution in [2.24, 2.45) is 5.92 Å². The highest BCUT2D eigenvalue weighted by Gasteiger charge is 2.15. The molecule has 2 heterocycles. The van der Waals surface area contributed by atoms with Crippen molar-refractivity contribution in [2.45, 2.75) is 20.0 Å². The molecule has 0 bridgehead atoms. The molecule has 4 heteroatoms. The van der Waals surface area contributed by atoms with Crippen molar-refractivity contribution in [2.75, 3.05) is 19.8 Å². The second kappa shape index (κ2) is 4.57. The molecule has 0 unspecified atom stereocenters. The van der Waals surface area contributed by atoms with E-state index in [1.807, 2.05) is 13.1 Å². The van der Waals surface area contributed by atoms with Crippen LogP contribution in [-0.4, -0.2) is 29.5 Å². The third kappa shape index (κ3) is 2.13. The largest absolute Gasteiger partial charge is 0.381 e. The van der Waals surface area contributed by atoms with E-state index in [4.69, 9.17) is 4.74 Å². The Morgan fingerprint density at radius 1 is 1.71 bits per heavy atom. The molecule has 0 fully saturated rings. The predicted octanol–water partition coefficient (Wildman–Crippen LogP) is 0.639. The van der Waals surface area contributed by atoms with Gasteiger partial charge in [0.15, 0.2) is 0 Å². The summed E-state index contributed by atoms with van der Waals surface area (Å²) in [7, 11) is 0. The van der Waals surface area contributed by atoms with Gasteiger partial charge in [-0.05, 0) is 13.0 Å². The molecule has 4 nitrogen and oxygen atoms in total. The smallest absolute Gasteiger partial charge is 0.0524 e. The number of rotatable bonds is 3. The van der Waals surface area contributed by atoms with Gasteiger partial charge in [-0.1, -0.05) is 0 Å². The Labute approximate surface area is 84.3 Å². The summed E-state index contributed by atoms with van der Waals surface area (Å²) in [6.07, 6.45) is 1.86. The second-order valence-electron chi connectivity index (χ2n) is 3.66. The van der Waals surface area contributed by atoms with Gasteiger partial charge in [0.1, 0.15) is 0 Å². The van der Waals surface area contributed by atoms with Crippen LogP contribution in [0.25, 0.3) is 0 Å². The van der Waals surface area contributed by atoms with E-state index in [9.17, 15) is 0 Å². The van der Waals surface area contributed by atoms with Crippen LogP contribution in [0, 0.1) is 5.92 Å². The van der Waals surface area contributed by atoms with Gasteiger partial charge in [-0.3, -0.25) is 4.68 Å². The molecule has 0 aromatic carbocycles. The van der Waals surface area contributed by atoms with Crippen molar-refractivity contribution in [1.82, 2.24) is 15.1 Å². The average Bonchev–Trinajstić information content (AvgIpc) is 2.54. The van der Waals surface area contributed by atoms with Crippen LogP contribution >= 0.6 is 0 Å². The number of nitrogens with zero attached hydrogens (tertiary/aromatic N) is 2. The van der Waals surface area contributed by atoms with Crippen LogP contribution in [0.3, 0.4) is 0 Å². The molecular weight excluding hydrogens is 178 g/mol. The molecule has 2 rings (SSSR count). The van der Waals surface area contributed by atoms with E-state index in [2.05, 4.69) is 21.2 Å². The van der Waals surface area contributed by atoms with Gasteiger partial charge in [0, 0.05) is 38.4 Å². The van der Waals surface area contributed by atoms with E-state index in [1.54, 1.807) is 0 Å². The van der Waals surface area contributed by atoms with Crippen molar-refractivity contribution >= 4 is 0 Å². The summed E-state index contributed by atoms with van der Waals surface area (Å²) in [5, 5.41) is 7.70. The van der Waals surface area contributed by atoms with Crippen molar-refractivity contribution in [1.29, 1.82) is 0 Å². The first-order valence-corrected chi connectivity index (χ1v) is 5.19. The lowest BCUT2D eigenvalue weighted by atomic mass is 10.1. The normalized spacial score (nSPS) is 21.6. The van der Waals surface area contributed by atoms with E-state index >= 15 is 0 Å². The lowest BCUT2D eigenvalue weighted by Gasteiger charge is -2.14. The minimum atomic E-state index is 0.538. The van der Waals surface area contributed by atoms with Gasteiger partial charge in [0.05, 0.1) is 12.3 Å². The minimum Gasteiger partial charge on any atom is -0.381 e. The fraction of sp³-hybridized carbons (Fsp3) is 0.700. The summed E-state index contributed by atoms with van der Waals surface area (Å²) in [5.41, 5.74) is 1.27. The Morgan fingerprint density at radius 2 is 2.64 bits per heavy atom. The van der Waals surface area contributed by atoms with E-state index in [-0.39, 0.29) is 0 Å². The summed E-state index contributed by atoms with van der Waals surface area (Å²) in [5.74, 6) is 0.538. The molecule has 0 amide bonds. The minimum absolute atomic E-state index is 0.538. The number of hydrogen-bond acceptors (Lipinski definition) is 3. The third-order valence-electron chi connectivity index (χ3n) is 2.53. The highest BCUT2D eigenvalue weighted by atomic mass is 16.5. The van der Waals surface area contributed by atoms with Gasteiger partial charge >= 0.3 is 0 Å². The lowest BCUT2D eigenvalue weighted by molar-refractivity contribution is 0.103. The first kappa shape index (κ1) is 9.68. The van der Waals surface area contributed by atoms with Gasteiger partial charge in [0.25, 0.3) is 0 Å². The quantitative estimate of drug-likeness (QED) is 0.769. The van der Waals surface area contributed by atoms with Crippen molar-refractivity contribution in [3.8, 4) is 0 Å². The van der Waals surface area contributed by atoms with E-state index < -0.39 is 0 Å². The number of nitrogens with one attached hydrogen (secondary N) is 1. The molecule has 14 heavy (non-hydrogen) atoms. The first-order valence-electron chi connectivity index (χ1n) is 5.19. The molecule has 1 aliphatic rings. The molecule has 1 aliphatic heterocycles. The summed E-state index contributed by atoms with van der Waals surface area (Å²) < 4.78 is 7.51. The van der Waals surface area contributed by atoms with Crippen LogP contribution < -0.4 is 5.32 Å². The van der Waals surface area contributed by atoms with Crippen LogP contribution in [-0.2, 0) is 17.8 Å². The zero-order valence-corrected chi connectivity index (χ0v) is 8.57. The average molecular weight is 195 g/mol. The first-order chi connectivity index (χ1) is 6.90. The van der Waals surface area contributed by atoms with Gasteiger partial charge < -0.3 is 10.1 Å². The van der Waals surface area contributed by atoms with Crippen LogP contribution in [0.15, 0.2) is 12.3 Å². The van der Waals surface area contributed by atoms with Crippen molar-refractivity contribution in [3.05, 3.63) is 18.0 Å². The van der Waals surface area contributed by atoms with Gasteiger partial charge in [-0.2, -0.15) is 5.10 Å². The molecule has 1 N–H and O–H groups in total. The van der Waals surface area contributed by atoms with E-state index in [0.717, 1.165) is 32.8 Å². The molecule has 1 atom stereocenters. The highest BCUT2D eigenvalue weighted by molar-refractivity contribution is 5.01. The number of hydrogen-bond donors (Lipinski definition) is 1.